The molecule has 0 fully saturated rings. The summed E-state index contributed by atoms with van der Waals surface area (Å²) in [6.07, 6.45) is 8.68. The summed E-state index contributed by atoms with van der Waals surface area (Å²) in [6.45, 7) is 9.66. The van der Waals surface area contributed by atoms with Crippen LogP contribution in [0.2, 0.25) is 15.5 Å². The highest BCUT2D eigenvalue weighted by Gasteiger charge is 2.21. The maximum atomic E-state index is 13.5. The van der Waals surface area contributed by atoms with E-state index < -0.39 is 11.9 Å². The van der Waals surface area contributed by atoms with Gasteiger partial charge in [-0.2, -0.15) is 15.3 Å². The number of halogens is 7. The minimum Gasteiger partial charge on any atom is -0.462 e. The molecule has 1 amide bonds. The lowest BCUT2D eigenvalue weighted by molar-refractivity contribution is 0.0516. The molecule has 0 unspecified atom stereocenters. The summed E-state index contributed by atoms with van der Waals surface area (Å²) in [5, 5.41) is 15.6. The van der Waals surface area contributed by atoms with Gasteiger partial charge < -0.3 is 32.4 Å². The molecule has 0 radical (unpaired) electrons. The number of nitrogens with one attached hydrogen (secondary N) is 1. The zero-order valence-corrected chi connectivity index (χ0v) is 54.8. The highest BCUT2D eigenvalue weighted by molar-refractivity contribution is 9.10. The normalized spacial score (nSPS) is 10.7. The van der Waals surface area contributed by atoms with Crippen molar-refractivity contribution in [1.29, 1.82) is 0 Å². The second-order valence-electron chi connectivity index (χ2n) is 20.4. The van der Waals surface area contributed by atoms with Gasteiger partial charge in [0.05, 0.1) is 70.0 Å². The minimum absolute atomic E-state index is 0.175. The molecule has 3 aromatic carbocycles. The van der Waals surface area contributed by atoms with Crippen LogP contribution in [0.4, 0.5) is 30.6 Å². The number of aromatic nitrogens is 12. The highest BCUT2D eigenvalue weighted by atomic mass is 79.9. The lowest BCUT2D eigenvalue weighted by atomic mass is 9.98. The molecule has 0 saturated carbocycles. The van der Waals surface area contributed by atoms with Gasteiger partial charge in [-0.1, -0.05) is 34.8 Å². The molecule has 0 aliphatic rings. The van der Waals surface area contributed by atoms with Gasteiger partial charge in [-0.15, -0.1) is 0 Å². The Balaban J connectivity index is 0.000000157. The number of ether oxygens (including phenoxy) is 2. The quantitative estimate of drug-likeness (QED) is 0.0529. The molecule has 12 aromatic rings. The molecule has 0 bridgehead atoms. The molecule has 28 heteroatoms. The number of anilines is 3. The fourth-order valence-corrected chi connectivity index (χ4v) is 10.4. The molecule has 9 heterocycles. The molecule has 9 aromatic heterocycles. The van der Waals surface area contributed by atoms with Crippen molar-refractivity contribution in [2.24, 2.45) is 5.73 Å². The van der Waals surface area contributed by atoms with E-state index in [4.69, 9.17) is 62.5 Å². The van der Waals surface area contributed by atoms with Crippen molar-refractivity contribution in [3.8, 4) is 78.5 Å². The molecule has 21 nitrogen and oxygen atoms in total. The van der Waals surface area contributed by atoms with Crippen LogP contribution in [-0.2, 0) is 9.47 Å². The fourth-order valence-electron chi connectivity index (χ4n) is 9.33. The van der Waals surface area contributed by atoms with Gasteiger partial charge >= 0.3 is 11.9 Å². The number of aryl methyl sites for hydroxylation is 3. The van der Waals surface area contributed by atoms with E-state index in [1.807, 2.05) is 45.0 Å². The van der Waals surface area contributed by atoms with E-state index in [9.17, 15) is 27.6 Å². The molecular formula is C67H55BrCl3F3N16O5. The predicted octanol–water partition coefficient (Wildman–Crippen LogP) is 14.5. The Kier molecular flexibility index (Phi) is 22.1. The minimum atomic E-state index is -0.604. The van der Waals surface area contributed by atoms with E-state index in [2.05, 4.69) is 71.0 Å². The Morgan fingerprint density at radius 1 is 0.484 bits per heavy atom. The SMILES string of the molecule is CCOC(=O)c1cn[nH]c1.CCOC(=O)c1cnn(-c2cc(-c3cc(C)nc(Cl)c3)c(-c3ccc(F)cc3)nc2N)c1.Cc1cc(-c2cc(-n3cc(C(N)=O)cn3)c(N)nc2-c2ccc(F)cc2)cc(Cl)n1.Cc1cc(-c2cc(Br)c(N)nc2-c2ccc(F)cc2)cc(Cl)n1. The predicted molar refractivity (Wildman–Crippen MR) is 362 cm³/mol. The number of benzene rings is 3. The number of pyridine rings is 6. The first kappa shape index (κ1) is 68.5. The second kappa shape index (κ2) is 30.7. The van der Waals surface area contributed by atoms with E-state index in [0.717, 1.165) is 44.9 Å². The third-order valence-electron chi connectivity index (χ3n) is 13.6. The first-order chi connectivity index (χ1) is 45.4. The van der Waals surface area contributed by atoms with Gasteiger partial charge in [0.15, 0.2) is 0 Å². The average Bonchev–Trinajstić information content (AvgIpc) is 1.66. The summed E-state index contributed by atoms with van der Waals surface area (Å²) < 4.78 is 53.4. The average molecular weight is 1410 g/mol. The summed E-state index contributed by atoms with van der Waals surface area (Å²) in [5.74, 6) is -1.71. The molecule has 12 rings (SSSR count). The molecule has 9 N–H and O–H groups in total. The molecule has 0 aliphatic carbocycles. The number of hydrogen-bond donors (Lipinski definition) is 5. The first-order valence-corrected chi connectivity index (χ1v) is 30.4. The third-order valence-corrected chi connectivity index (χ3v) is 14.8. The summed E-state index contributed by atoms with van der Waals surface area (Å²) in [4.78, 5) is 60.5. The Labute approximate surface area is 564 Å². The number of esters is 2. The van der Waals surface area contributed by atoms with E-state index in [-0.39, 0.29) is 47.2 Å². The number of amides is 1. The van der Waals surface area contributed by atoms with Gasteiger partial charge in [0, 0.05) is 69.1 Å². The van der Waals surface area contributed by atoms with Crippen molar-refractivity contribution < 1.29 is 37.0 Å². The van der Waals surface area contributed by atoms with Crippen molar-refractivity contribution in [2.45, 2.75) is 34.6 Å². The maximum absolute atomic E-state index is 13.5. The molecule has 0 saturated heterocycles. The maximum Gasteiger partial charge on any atom is 0.341 e. The number of nitrogen functional groups attached to an aromatic ring is 3. The largest absolute Gasteiger partial charge is 0.462 e. The van der Waals surface area contributed by atoms with Crippen molar-refractivity contribution in [2.75, 3.05) is 30.4 Å². The first-order valence-electron chi connectivity index (χ1n) is 28.5. The number of primary amides is 1. The molecular weight excluding hydrogens is 1350 g/mol. The van der Waals surface area contributed by atoms with Crippen LogP contribution in [0.1, 0.15) is 62.0 Å². The molecule has 482 valence electrons. The standard InChI is InChI=1S/C23H19ClFN5O2.C21H16ClFN6O.C17H12BrClFN3.C6H8N2O2/c1-3-32-23(31)16-11-27-30(12-16)19-10-18(15-8-13(2)28-20(24)9-15)21(29-22(19)26)14-4-6-17(25)7-5-14;1-11-6-13(7-18(22)27-11)16-8-17(29-10-14(9-26-29)21(25)30)20(24)28-19(16)12-2-4-15(23)5-3-12;1-9-6-11(7-15(19)22-9)13-8-14(18)17(21)23-16(13)10-2-4-12(20)5-3-10;1-2-10-6(9)5-3-7-8-4-5/h4-12H,3H2,1-2H3,(H2,26,29);2-10H,1H3,(H2,24,28)(H2,25,30);2-8H,1H3,(H2,21,23);3-4H,2H2,1H3,(H,7,8). The van der Waals surface area contributed by atoms with Crippen LogP contribution in [-0.4, -0.2) is 90.7 Å². The highest BCUT2D eigenvalue weighted by Crippen LogP contribution is 2.39. The van der Waals surface area contributed by atoms with Crippen molar-refractivity contribution in [3.63, 3.8) is 0 Å². The van der Waals surface area contributed by atoms with Crippen molar-refractivity contribution >= 4 is 86.0 Å². The van der Waals surface area contributed by atoms with Crippen LogP contribution in [0, 0.1) is 38.2 Å². The number of hydrogen-bond acceptors (Lipinski definition) is 17. The van der Waals surface area contributed by atoms with Gasteiger partial charge in [0.1, 0.15) is 61.7 Å². The third kappa shape index (κ3) is 17.2. The van der Waals surface area contributed by atoms with E-state index >= 15 is 0 Å². The van der Waals surface area contributed by atoms with E-state index in [1.165, 1.54) is 82.9 Å². The number of aromatic amines is 1. The van der Waals surface area contributed by atoms with Crippen LogP contribution < -0.4 is 22.9 Å². The molecule has 95 heavy (non-hydrogen) atoms. The summed E-state index contributed by atoms with van der Waals surface area (Å²) in [6, 6.07) is 34.3. The Morgan fingerprint density at radius 3 is 1.19 bits per heavy atom. The Hall–Kier alpha value is -10.9. The lowest BCUT2D eigenvalue weighted by Crippen LogP contribution is -2.10. The van der Waals surface area contributed by atoms with Crippen LogP contribution >= 0.6 is 50.7 Å². The Morgan fingerprint density at radius 2 is 0.842 bits per heavy atom. The van der Waals surface area contributed by atoms with Gasteiger partial charge in [-0.25, -0.2) is 62.0 Å². The van der Waals surface area contributed by atoms with Crippen LogP contribution in [0.15, 0.2) is 169 Å². The van der Waals surface area contributed by atoms with Gasteiger partial charge in [-0.3, -0.25) is 9.89 Å². The summed E-state index contributed by atoms with van der Waals surface area (Å²) in [5.41, 5.74) is 36.3. The van der Waals surface area contributed by atoms with Gasteiger partial charge in [0.25, 0.3) is 5.91 Å². The number of nitrogens with two attached hydrogens (primary N) is 4. The van der Waals surface area contributed by atoms with Crippen LogP contribution in [0.3, 0.4) is 0 Å². The number of carbonyl (C=O) groups excluding carboxylic acids is 3. The van der Waals surface area contributed by atoms with Crippen molar-refractivity contribution in [3.05, 3.63) is 236 Å². The molecule has 0 atom stereocenters. The zero-order chi connectivity index (χ0) is 68.2. The number of rotatable bonds is 13. The van der Waals surface area contributed by atoms with Gasteiger partial charge in [0.2, 0.25) is 0 Å². The monoisotopic (exact) mass is 1400 g/mol. The van der Waals surface area contributed by atoms with E-state index in [0.29, 0.717) is 94.2 Å². The van der Waals surface area contributed by atoms with Gasteiger partial charge in [-0.05, 0) is 195 Å². The number of nitrogens with zero attached hydrogens (tertiary/aromatic N) is 11. The fraction of sp³-hybridized carbons (Fsp3) is 0.104. The second-order valence-corrected chi connectivity index (χ2v) is 22.5. The molecule has 0 spiro atoms. The number of H-pyrrole nitrogens is 1. The smallest absolute Gasteiger partial charge is 0.341 e. The summed E-state index contributed by atoms with van der Waals surface area (Å²) >= 11 is 21.8. The molecule has 0 aliphatic heterocycles. The summed E-state index contributed by atoms with van der Waals surface area (Å²) in [7, 11) is 0. The lowest BCUT2D eigenvalue weighted by Gasteiger charge is -2.15. The Bertz CT molecular complexity index is 4710. The topological polar surface area (TPSA) is 315 Å². The van der Waals surface area contributed by atoms with Crippen LogP contribution in [0.5, 0.6) is 0 Å². The van der Waals surface area contributed by atoms with Crippen molar-refractivity contribution in [1.82, 2.24) is 59.7 Å². The number of carbonyl (C=O) groups is 3. The zero-order valence-electron chi connectivity index (χ0n) is 50.9. The van der Waals surface area contributed by atoms with Crippen LogP contribution in [0.25, 0.3) is 78.5 Å². The van der Waals surface area contributed by atoms with E-state index in [1.54, 1.807) is 80.6 Å².